The van der Waals surface area contributed by atoms with Crippen molar-refractivity contribution >= 4 is 0 Å². The van der Waals surface area contributed by atoms with Gasteiger partial charge in [-0.2, -0.15) is 0 Å². The molecule has 0 spiro atoms. The summed E-state index contributed by atoms with van der Waals surface area (Å²) in [6, 6.07) is 0. The Hall–Kier alpha value is -0.0800. The minimum atomic E-state index is 0.379. The van der Waals surface area contributed by atoms with Gasteiger partial charge >= 0.3 is 0 Å². The van der Waals surface area contributed by atoms with Crippen molar-refractivity contribution in [2.75, 3.05) is 19.7 Å². The number of ether oxygens (including phenoxy) is 1. The summed E-state index contributed by atoms with van der Waals surface area (Å²) >= 11 is 0. The van der Waals surface area contributed by atoms with Crippen molar-refractivity contribution in [3.05, 3.63) is 0 Å². The van der Waals surface area contributed by atoms with Gasteiger partial charge < -0.3 is 10.1 Å². The molecule has 100 valence electrons. The highest BCUT2D eigenvalue weighted by Crippen LogP contribution is 2.57. The van der Waals surface area contributed by atoms with E-state index in [-0.39, 0.29) is 0 Å². The van der Waals surface area contributed by atoms with Gasteiger partial charge in [-0.25, -0.2) is 0 Å². The number of nitrogens with one attached hydrogen (secondary N) is 1. The molecular formula is C15H29NO. The van der Waals surface area contributed by atoms with Crippen molar-refractivity contribution in [2.24, 2.45) is 17.3 Å². The van der Waals surface area contributed by atoms with Crippen LogP contribution in [0.25, 0.3) is 0 Å². The third-order valence-corrected chi connectivity index (χ3v) is 4.88. The van der Waals surface area contributed by atoms with Gasteiger partial charge in [-0.15, -0.1) is 0 Å². The molecule has 2 bridgehead atoms. The average molecular weight is 239 g/mol. The number of hydrogen-bond donors (Lipinski definition) is 1. The summed E-state index contributed by atoms with van der Waals surface area (Å²) in [6.45, 7) is 9.75. The molecule has 0 aromatic carbocycles. The largest absolute Gasteiger partial charge is 0.379 e. The van der Waals surface area contributed by atoms with Gasteiger partial charge in [0.15, 0.2) is 0 Å². The van der Waals surface area contributed by atoms with Crippen LogP contribution in [0.4, 0.5) is 0 Å². The molecule has 3 unspecified atom stereocenters. The summed E-state index contributed by atoms with van der Waals surface area (Å²) in [4.78, 5) is 0. The lowest BCUT2D eigenvalue weighted by Gasteiger charge is -2.38. The average Bonchev–Trinajstić information content (AvgIpc) is 2.86. The maximum atomic E-state index is 5.79. The molecule has 2 aliphatic carbocycles. The van der Waals surface area contributed by atoms with Crippen LogP contribution in [-0.4, -0.2) is 25.8 Å². The first-order valence-corrected chi connectivity index (χ1v) is 7.48. The first-order valence-electron chi connectivity index (χ1n) is 7.48. The van der Waals surface area contributed by atoms with E-state index < -0.39 is 0 Å². The monoisotopic (exact) mass is 239 g/mol. The smallest absolute Gasteiger partial charge is 0.0518 e. The molecule has 1 N–H and O–H groups in total. The van der Waals surface area contributed by atoms with Gasteiger partial charge in [0.05, 0.1) is 6.10 Å². The fourth-order valence-electron chi connectivity index (χ4n) is 4.04. The lowest BCUT2D eigenvalue weighted by molar-refractivity contribution is 0.0325. The van der Waals surface area contributed by atoms with Gasteiger partial charge in [0.2, 0.25) is 0 Å². The zero-order chi connectivity index (χ0) is 12.3. The second-order valence-corrected chi connectivity index (χ2v) is 6.39. The van der Waals surface area contributed by atoms with Gasteiger partial charge in [0.1, 0.15) is 0 Å². The molecule has 0 aliphatic heterocycles. The van der Waals surface area contributed by atoms with Crippen LogP contribution in [0.3, 0.4) is 0 Å². The SMILES string of the molecule is CCNCC1(CCOC(C)C)CC2CCC1C2. The summed E-state index contributed by atoms with van der Waals surface area (Å²) in [5, 5.41) is 3.60. The quantitative estimate of drug-likeness (QED) is 0.736. The van der Waals surface area contributed by atoms with Gasteiger partial charge in [-0.1, -0.05) is 13.3 Å². The molecule has 2 aliphatic rings. The first kappa shape index (κ1) is 13.4. The molecule has 3 atom stereocenters. The molecule has 17 heavy (non-hydrogen) atoms. The summed E-state index contributed by atoms with van der Waals surface area (Å²) in [5.41, 5.74) is 0.563. The Morgan fingerprint density at radius 1 is 1.35 bits per heavy atom. The molecule has 2 nitrogen and oxygen atoms in total. The summed E-state index contributed by atoms with van der Waals surface area (Å²) < 4.78 is 5.79. The first-order chi connectivity index (χ1) is 8.16. The Labute approximate surface area is 107 Å². The molecule has 2 saturated carbocycles. The third kappa shape index (κ3) is 3.03. The fraction of sp³-hybridized carbons (Fsp3) is 1.00. The molecule has 0 saturated heterocycles. The minimum absolute atomic E-state index is 0.379. The Morgan fingerprint density at radius 2 is 2.18 bits per heavy atom. The van der Waals surface area contributed by atoms with Crippen molar-refractivity contribution in [1.29, 1.82) is 0 Å². The highest BCUT2D eigenvalue weighted by molar-refractivity contribution is 5.01. The van der Waals surface area contributed by atoms with Crippen molar-refractivity contribution in [1.82, 2.24) is 5.32 Å². The molecule has 2 rings (SSSR count). The summed E-state index contributed by atoms with van der Waals surface area (Å²) in [5.74, 6) is 2.00. The second-order valence-electron chi connectivity index (χ2n) is 6.39. The lowest BCUT2D eigenvalue weighted by Crippen LogP contribution is -2.39. The third-order valence-electron chi connectivity index (χ3n) is 4.88. The van der Waals surface area contributed by atoms with Gasteiger partial charge in [0.25, 0.3) is 0 Å². The van der Waals surface area contributed by atoms with Crippen molar-refractivity contribution < 1.29 is 4.74 Å². The van der Waals surface area contributed by atoms with Crippen LogP contribution in [-0.2, 0) is 4.74 Å². The Morgan fingerprint density at radius 3 is 2.71 bits per heavy atom. The zero-order valence-electron chi connectivity index (χ0n) is 11.8. The number of rotatable bonds is 7. The molecule has 2 heteroatoms. The van der Waals surface area contributed by atoms with E-state index in [0.717, 1.165) is 25.0 Å². The van der Waals surface area contributed by atoms with Crippen LogP contribution in [0.15, 0.2) is 0 Å². The zero-order valence-corrected chi connectivity index (χ0v) is 11.8. The van der Waals surface area contributed by atoms with Crippen LogP contribution >= 0.6 is 0 Å². The summed E-state index contributed by atoms with van der Waals surface area (Å²) in [7, 11) is 0. The normalized spacial score (nSPS) is 36.0. The van der Waals surface area contributed by atoms with Crippen molar-refractivity contribution in [3.8, 4) is 0 Å². The highest BCUT2D eigenvalue weighted by atomic mass is 16.5. The number of hydrogen-bond acceptors (Lipinski definition) is 2. The van der Waals surface area contributed by atoms with Crippen LogP contribution in [0.5, 0.6) is 0 Å². The molecular weight excluding hydrogens is 210 g/mol. The van der Waals surface area contributed by atoms with Crippen LogP contribution in [0, 0.1) is 17.3 Å². The molecule has 0 amide bonds. The standard InChI is InChI=1S/C15H29NO/c1-4-16-11-15(7-8-17-12(2)3)10-13-5-6-14(15)9-13/h12-14,16H,4-11H2,1-3H3. The van der Waals surface area contributed by atoms with Gasteiger partial charge in [-0.05, 0) is 63.3 Å². The highest BCUT2D eigenvalue weighted by Gasteiger charge is 2.49. The van der Waals surface area contributed by atoms with E-state index in [1.165, 1.54) is 38.6 Å². The van der Waals surface area contributed by atoms with Gasteiger partial charge in [-0.3, -0.25) is 0 Å². The molecule has 0 aromatic rings. The van der Waals surface area contributed by atoms with Crippen molar-refractivity contribution in [2.45, 2.75) is 59.0 Å². The van der Waals surface area contributed by atoms with E-state index in [4.69, 9.17) is 4.74 Å². The second kappa shape index (κ2) is 5.71. The summed E-state index contributed by atoms with van der Waals surface area (Å²) in [6.07, 6.45) is 7.55. The molecule has 2 fully saturated rings. The fourth-order valence-corrected chi connectivity index (χ4v) is 4.04. The van der Waals surface area contributed by atoms with Crippen LogP contribution in [0.1, 0.15) is 52.9 Å². The van der Waals surface area contributed by atoms with Crippen molar-refractivity contribution in [3.63, 3.8) is 0 Å². The van der Waals surface area contributed by atoms with E-state index in [1.807, 2.05) is 0 Å². The molecule has 0 aromatic heterocycles. The minimum Gasteiger partial charge on any atom is -0.379 e. The Kier molecular flexibility index (Phi) is 4.48. The maximum absolute atomic E-state index is 5.79. The van der Waals surface area contributed by atoms with Gasteiger partial charge in [0, 0.05) is 13.2 Å². The topological polar surface area (TPSA) is 21.3 Å². The van der Waals surface area contributed by atoms with E-state index in [9.17, 15) is 0 Å². The van der Waals surface area contributed by atoms with E-state index in [0.29, 0.717) is 11.5 Å². The van der Waals surface area contributed by atoms with E-state index in [1.54, 1.807) is 0 Å². The predicted molar refractivity (Wildman–Crippen MR) is 72.1 cm³/mol. The molecule has 0 heterocycles. The predicted octanol–water partition coefficient (Wildman–Crippen LogP) is 3.22. The maximum Gasteiger partial charge on any atom is 0.0518 e. The lowest BCUT2D eigenvalue weighted by atomic mass is 9.71. The van der Waals surface area contributed by atoms with E-state index >= 15 is 0 Å². The van der Waals surface area contributed by atoms with E-state index in [2.05, 4.69) is 26.1 Å². The van der Waals surface area contributed by atoms with Crippen LogP contribution in [0.2, 0.25) is 0 Å². The Balaban J connectivity index is 1.89. The Bertz CT molecular complexity index is 241. The van der Waals surface area contributed by atoms with Crippen LogP contribution < -0.4 is 5.32 Å². The molecule has 0 radical (unpaired) electrons. The number of fused-ring (bicyclic) bond motifs is 2.